The standard InChI is InChI=1S/C9H9NO2S.ClH/c1-12-9(11)7-4-6-2-3-10-5-8(6)13-7;/h2-4,10H,5H2,1H3;1H. The van der Waals surface area contributed by atoms with E-state index in [2.05, 4.69) is 10.1 Å². The summed E-state index contributed by atoms with van der Waals surface area (Å²) in [5.74, 6) is -0.257. The molecule has 2 rings (SSSR count). The number of methoxy groups -OCH3 is 1. The Morgan fingerprint density at radius 3 is 3.07 bits per heavy atom. The Morgan fingerprint density at radius 2 is 2.43 bits per heavy atom. The maximum atomic E-state index is 11.2. The molecule has 1 aliphatic rings. The summed E-state index contributed by atoms with van der Waals surface area (Å²) < 4.78 is 4.64. The van der Waals surface area contributed by atoms with Gasteiger partial charge < -0.3 is 10.1 Å². The minimum Gasteiger partial charge on any atom is -0.465 e. The Kier molecular flexibility index (Phi) is 3.55. The van der Waals surface area contributed by atoms with Crippen molar-refractivity contribution in [1.82, 2.24) is 5.32 Å². The van der Waals surface area contributed by atoms with E-state index in [1.165, 1.54) is 23.3 Å². The number of halogens is 1. The number of hydrogen-bond acceptors (Lipinski definition) is 4. The highest BCUT2D eigenvalue weighted by Gasteiger charge is 2.14. The quantitative estimate of drug-likeness (QED) is 0.752. The molecule has 0 aromatic carbocycles. The van der Waals surface area contributed by atoms with E-state index in [9.17, 15) is 4.79 Å². The molecule has 76 valence electrons. The Labute approximate surface area is 92.2 Å². The Morgan fingerprint density at radius 1 is 1.64 bits per heavy atom. The van der Waals surface area contributed by atoms with Crippen LogP contribution in [0.3, 0.4) is 0 Å². The van der Waals surface area contributed by atoms with E-state index in [1.54, 1.807) is 0 Å². The summed E-state index contributed by atoms with van der Waals surface area (Å²) in [5, 5.41) is 3.09. The Balaban J connectivity index is 0.000000980. The van der Waals surface area contributed by atoms with E-state index < -0.39 is 0 Å². The minimum atomic E-state index is -0.257. The van der Waals surface area contributed by atoms with Crippen molar-refractivity contribution in [2.45, 2.75) is 6.54 Å². The monoisotopic (exact) mass is 231 g/mol. The third-order valence-electron chi connectivity index (χ3n) is 1.87. The maximum absolute atomic E-state index is 11.2. The second-order valence-electron chi connectivity index (χ2n) is 2.69. The van der Waals surface area contributed by atoms with Gasteiger partial charge in [0.25, 0.3) is 0 Å². The fourth-order valence-electron chi connectivity index (χ4n) is 1.22. The van der Waals surface area contributed by atoms with Crippen molar-refractivity contribution in [2.75, 3.05) is 7.11 Å². The lowest BCUT2D eigenvalue weighted by Gasteiger charge is -2.04. The smallest absolute Gasteiger partial charge is 0.348 e. The second-order valence-corrected chi connectivity index (χ2v) is 3.83. The van der Waals surface area contributed by atoms with Crippen molar-refractivity contribution < 1.29 is 9.53 Å². The lowest BCUT2D eigenvalue weighted by atomic mass is 10.2. The topological polar surface area (TPSA) is 38.3 Å². The molecule has 0 spiro atoms. The van der Waals surface area contributed by atoms with E-state index in [1.807, 2.05) is 18.3 Å². The molecule has 1 aromatic heterocycles. The number of fused-ring (bicyclic) bond motifs is 1. The van der Waals surface area contributed by atoms with Crippen LogP contribution in [-0.2, 0) is 11.3 Å². The van der Waals surface area contributed by atoms with Crippen LogP contribution in [-0.4, -0.2) is 13.1 Å². The molecule has 0 aliphatic carbocycles. The summed E-state index contributed by atoms with van der Waals surface area (Å²) in [6.07, 6.45) is 3.85. The maximum Gasteiger partial charge on any atom is 0.348 e. The van der Waals surface area contributed by atoms with Gasteiger partial charge >= 0.3 is 5.97 Å². The van der Waals surface area contributed by atoms with Crippen molar-refractivity contribution >= 4 is 35.8 Å². The van der Waals surface area contributed by atoms with Crippen LogP contribution >= 0.6 is 23.7 Å². The van der Waals surface area contributed by atoms with Gasteiger partial charge in [0, 0.05) is 11.4 Å². The minimum absolute atomic E-state index is 0. The van der Waals surface area contributed by atoms with Crippen molar-refractivity contribution in [3.05, 3.63) is 27.6 Å². The molecule has 0 radical (unpaired) electrons. The van der Waals surface area contributed by atoms with Crippen LogP contribution < -0.4 is 5.32 Å². The van der Waals surface area contributed by atoms with Gasteiger partial charge in [0.2, 0.25) is 0 Å². The lowest BCUT2D eigenvalue weighted by molar-refractivity contribution is 0.0606. The van der Waals surface area contributed by atoms with Gasteiger partial charge in [-0.05, 0) is 23.9 Å². The predicted octanol–water partition coefficient (Wildman–Crippen LogP) is 2.03. The molecule has 0 amide bonds. The predicted molar refractivity (Wildman–Crippen MR) is 58.8 cm³/mol. The van der Waals surface area contributed by atoms with Gasteiger partial charge in [-0.15, -0.1) is 23.7 Å². The van der Waals surface area contributed by atoms with Gasteiger partial charge in [-0.1, -0.05) is 0 Å². The summed E-state index contributed by atoms with van der Waals surface area (Å²) in [6.45, 7) is 0.799. The molecule has 0 atom stereocenters. The fraction of sp³-hybridized carbons (Fsp3) is 0.222. The number of carbonyl (C=O) groups excluding carboxylic acids is 1. The molecule has 2 heterocycles. The fourth-order valence-corrected chi connectivity index (χ4v) is 2.24. The molecule has 14 heavy (non-hydrogen) atoms. The molecule has 1 aliphatic heterocycles. The highest BCUT2D eigenvalue weighted by molar-refractivity contribution is 7.14. The van der Waals surface area contributed by atoms with Crippen LogP contribution in [0.5, 0.6) is 0 Å². The first-order chi connectivity index (χ1) is 6.31. The van der Waals surface area contributed by atoms with Crippen LogP contribution in [0.4, 0.5) is 0 Å². The average Bonchev–Trinajstić information content (AvgIpc) is 2.59. The first-order valence-electron chi connectivity index (χ1n) is 3.92. The Hall–Kier alpha value is -1.00. The van der Waals surface area contributed by atoms with E-state index in [-0.39, 0.29) is 18.4 Å². The number of carbonyl (C=O) groups is 1. The molecule has 0 fully saturated rings. The first kappa shape index (κ1) is 11.1. The molecule has 1 N–H and O–H groups in total. The van der Waals surface area contributed by atoms with Gasteiger partial charge in [0.1, 0.15) is 4.88 Å². The molecular weight excluding hydrogens is 222 g/mol. The molecule has 0 saturated carbocycles. The van der Waals surface area contributed by atoms with Gasteiger partial charge in [-0.25, -0.2) is 4.79 Å². The zero-order chi connectivity index (χ0) is 9.26. The molecule has 0 unspecified atom stereocenters. The van der Waals surface area contributed by atoms with E-state index in [0.29, 0.717) is 4.88 Å². The second kappa shape index (κ2) is 4.48. The number of thiophene rings is 1. The molecule has 0 bridgehead atoms. The van der Waals surface area contributed by atoms with E-state index in [0.717, 1.165) is 12.1 Å². The first-order valence-corrected chi connectivity index (χ1v) is 4.74. The highest BCUT2D eigenvalue weighted by atomic mass is 35.5. The van der Waals surface area contributed by atoms with Crippen molar-refractivity contribution in [3.8, 4) is 0 Å². The van der Waals surface area contributed by atoms with Crippen molar-refractivity contribution in [2.24, 2.45) is 0 Å². The van der Waals surface area contributed by atoms with Crippen LogP contribution in [0.25, 0.3) is 6.08 Å². The molecular formula is C9H10ClNO2S. The van der Waals surface area contributed by atoms with Gasteiger partial charge in [-0.3, -0.25) is 0 Å². The van der Waals surface area contributed by atoms with Gasteiger partial charge in [-0.2, -0.15) is 0 Å². The third kappa shape index (κ3) is 1.91. The van der Waals surface area contributed by atoms with Crippen molar-refractivity contribution in [3.63, 3.8) is 0 Å². The average molecular weight is 232 g/mol. The molecule has 3 nitrogen and oxygen atoms in total. The summed E-state index contributed by atoms with van der Waals surface area (Å²) in [4.78, 5) is 13.0. The summed E-state index contributed by atoms with van der Waals surface area (Å²) in [6, 6.07) is 1.86. The number of ether oxygens (including phenoxy) is 1. The number of rotatable bonds is 1. The number of hydrogen-bond donors (Lipinski definition) is 1. The lowest BCUT2D eigenvalue weighted by Crippen LogP contribution is -2.06. The van der Waals surface area contributed by atoms with E-state index in [4.69, 9.17) is 0 Å². The van der Waals surface area contributed by atoms with Crippen molar-refractivity contribution in [1.29, 1.82) is 0 Å². The van der Waals surface area contributed by atoms with Gasteiger partial charge in [0.05, 0.1) is 7.11 Å². The number of esters is 1. The number of nitrogens with one attached hydrogen (secondary N) is 1. The molecule has 0 saturated heterocycles. The largest absolute Gasteiger partial charge is 0.465 e. The SMILES string of the molecule is COC(=O)c1cc2c(s1)CNC=C2.Cl. The zero-order valence-corrected chi connectivity index (χ0v) is 9.21. The molecule has 5 heteroatoms. The molecule has 1 aromatic rings. The zero-order valence-electron chi connectivity index (χ0n) is 7.57. The summed E-state index contributed by atoms with van der Waals surface area (Å²) in [7, 11) is 1.40. The van der Waals surface area contributed by atoms with Crippen LogP contribution in [0, 0.1) is 0 Å². The van der Waals surface area contributed by atoms with Crippen LogP contribution in [0.15, 0.2) is 12.3 Å². The van der Waals surface area contributed by atoms with Crippen LogP contribution in [0.1, 0.15) is 20.1 Å². The third-order valence-corrected chi connectivity index (χ3v) is 3.00. The summed E-state index contributed by atoms with van der Waals surface area (Å²) >= 11 is 1.48. The van der Waals surface area contributed by atoms with E-state index >= 15 is 0 Å². The van der Waals surface area contributed by atoms with Crippen LogP contribution in [0.2, 0.25) is 0 Å². The Bertz CT molecular complexity index is 373. The highest BCUT2D eigenvalue weighted by Crippen LogP contribution is 2.25. The van der Waals surface area contributed by atoms with Gasteiger partial charge in [0.15, 0.2) is 0 Å². The normalized spacial score (nSPS) is 12.4. The summed E-state index contributed by atoms with van der Waals surface area (Å²) in [5.41, 5.74) is 1.11.